The minimum Gasteiger partial charge on any atom is -0.377 e. The van der Waals surface area contributed by atoms with Crippen molar-refractivity contribution < 1.29 is 15.2 Å². The summed E-state index contributed by atoms with van der Waals surface area (Å²) in [6, 6.07) is 0.358. The Bertz CT molecular complexity index is 473. The van der Waals surface area contributed by atoms with Gasteiger partial charge in [0, 0.05) is 38.6 Å². The van der Waals surface area contributed by atoms with Crippen LogP contribution in [0.5, 0.6) is 0 Å². The van der Waals surface area contributed by atoms with Gasteiger partial charge in [-0.3, -0.25) is 4.90 Å². The van der Waals surface area contributed by atoms with Crippen LogP contribution in [0.2, 0.25) is 0 Å². The number of rotatable bonds is 10. The van der Waals surface area contributed by atoms with Crippen molar-refractivity contribution in [3.8, 4) is 0 Å². The molecule has 0 aromatic rings. The molecule has 1 aliphatic rings. The normalized spacial score (nSPS) is 26.5. The van der Waals surface area contributed by atoms with Gasteiger partial charge in [-0.25, -0.2) is 11.2 Å². The van der Waals surface area contributed by atoms with Crippen LogP contribution in [0.3, 0.4) is 0 Å². The Labute approximate surface area is 164 Å². The van der Waals surface area contributed by atoms with E-state index in [1.165, 1.54) is 0 Å². The zero-order valence-electron chi connectivity index (χ0n) is 18.1. The van der Waals surface area contributed by atoms with E-state index in [1.54, 1.807) is 0 Å². The summed E-state index contributed by atoms with van der Waals surface area (Å²) in [5, 5.41) is 0. The predicted molar refractivity (Wildman–Crippen MR) is 108 cm³/mol. The molecule has 1 rings (SSSR count). The molecule has 0 aromatic carbocycles. The van der Waals surface area contributed by atoms with Crippen LogP contribution in [0.1, 0.15) is 49.8 Å². The summed E-state index contributed by atoms with van der Waals surface area (Å²) in [6.07, 6.45) is 0. The molecule has 0 aliphatic carbocycles. The standard InChI is InChI=1S/C18H35BN3O3P/c1-14(2)21-11-17(19)25-18(7,12-21)13-24-26(23-10-9-20-8)22(15(3)4)16(5)6/h14-17H,9-13H2,1-7H3/t17-,18+,26?/m1/s1/i7D. The highest BCUT2D eigenvalue weighted by atomic mass is 31.2. The molecule has 1 heterocycles. The van der Waals surface area contributed by atoms with Crippen molar-refractivity contribution >= 4 is 16.4 Å². The Hall–Kier alpha value is -0.215. The van der Waals surface area contributed by atoms with Gasteiger partial charge in [-0.15, -0.1) is 0 Å². The van der Waals surface area contributed by atoms with Crippen molar-refractivity contribution in [2.24, 2.45) is 0 Å². The van der Waals surface area contributed by atoms with Crippen LogP contribution in [0.15, 0.2) is 0 Å². The van der Waals surface area contributed by atoms with Crippen molar-refractivity contribution in [2.45, 2.75) is 78.2 Å². The van der Waals surface area contributed by atoms with Crippen LogP contribution in [0, 0.1) is 6.57 Å². The highest BCUT2D eigenvalue weighted by molar-refractivity contribution is 7.44. The molecule has 1 aliphatic heterocycles. The Morgan fingerprint density at radius 3 is 2.50 bits per heavy atom. The maximum atomic E-state index is 8.08. The van der Waals surface area contributed by atoms with E-state index < -0.39 is 20.1 Å². The SMILES string of the molecule is [2H]C[C@@]1(COP(OCC[N+]#[C-])N(C(C)C)C(C)C)CN(C(C)C)C[C@H]([B])O1. The van der Waals surface area contributed by atoms with Gasteiger partial charge in [0.25, 0.3) is 8.53 Å². The first kappa shape index (κ1) is 22.1. The Morgan fingerprint density at radius 1 is 1.35 bits per heavy atom. The van der Waals surface area contributed by atoms with E-state index in [4.69, 9.17) is 29.6 Å². The van der Waals surface area contributed by atoms with E-state index in [2.05, 4.69) is 56.0 Å². The first-order valence-corrected chi connectivity index (χ1v) is 10.4. The maximum Gasteiger partial charge on any atom is 0.259 e. The van der Waals surface area contributed by atoms with Gasteiger partial charge in [0.05, 0.1) is 6.61 Å². The van der Waals surface area contributed by atoms with Crippen LogP contribution in [-0.2, 0) is 13.8 Å². The fraction of sp³-hybridized carbons (Fsp3) is 0.944. The zero-order valence-corrected chi connectivity index (χ0v) is 18.0. The highest BCUT2D eigenvalue weighted by Crippen LogP contribution is 2.46. The van der Waals surface area contributed by atoms with Gasteiger partial charge in [-0.2, -0.15) is 0 Å². The third kappa shape index (κ3) is 7.42. The topological polar surface area (TPSA) is 38.5 Å². The van der Waals surface area contributed by atoms with E-state index in [0.717, 1.165) is 0 Å². The summed E-state index contributed by atoms with van der Waals surface area (Å²) in [6.45, 7) is 21.8. The van der Waals surface area contributed by atoms with Crippen LogP contribution < -0.4 is 0 Å². The van der Waals surface area contributed by atoms with E-state index in [9.17, 15) is 0 Å². The van der Waals surface area contributed by atoms with E-state index in [0.29, 0.717) is 32.3 Å². The molecule has 6 nitrogen and oxygen atoms in total. The molecule has 1 saturated heterocycles. The van der Waals surface area contributed by atoms with Crippen LogP contribution in [0.25, 0.3) is 4.85 Å². The molecule has 2 radical (unpaired) electrons. The molecule has 0 spiro atoms. The largest absolute Gasteiger partial charge is 0.377 e. The number of hydrogen-bond donors (Lipinski definition) is 0. The average molecular weight is 384 g/mol. The van der Waals surface area contributed by atoms with E-state index >= 15 is 0 Å². The summed E-state index contributed by atoms with van der Waals surface area (Å²) in [7, 11) is 4.75. The van der Waals surface area contributed by atoms with Gasteiger partial charge in [0.1, 0.15) is 20.1 Å². The van der Waals surface area contributed by atoms with Crippen molar-refractivity contribution in [2.75, 3.05) is 32.8 Å². The zero-order chi connectivity index (χ0) is 20.6. The molecule has 148 valence electrons. The molecule has 0 bridgehead atoms. The minimum atomic E-state index is -1.35. The van der Waals surface area contributed by atoms with Crippen molar-refractivity contribution in [1.82, 2.24) is 9.57 Å². The molecule has 0 saturated carbocycles. The number of ether oxygens (including phenoxy) is 1. The first-order chi connectivity index (χ1) is 12.7. The van der Waals surface area contributed by atoms with Crippen LogP contribution in [-0.4, -0.2) is 80.0 Å². The second-order valence-electron chi connectivity index (χ2n) is 7.66. The van der Waals surface area contributed by atoms with Crippen molar-refractivity contribution in [3.63, 3.8) is 0 Å². The summed E-state index contributed by atoms with van der Waals surface area (Å²) >= 11 is 0. The smallest absolute Gasteiger partial charge is 0.259 e. The monoisotopic (exact) mass is 384 g/mol. The molecule has 1 unspecified atom stereocenters. The van der Waals surface area contributed by atoms with Gasteiger partial charge in [-0.1, -0.05) is 0 Å². The number of morpholine rings is 1. The molecular formula is C18H35BN3O3P. The lowest BCUT2D eigenvalue weighted by molar-refractivity contribution is -0.140. The first-order valence-electron chi connectivity index (χ1n) is 10.0. The molecule has 1 fully saturated rings. The molecule has 3 atom stereocenters. The Kier molecular flexibility index (Phi) is 9.30. The number of nitrogens with zero attached hydrogens (tertiary/aromatic N) is 3. The predicted octanol–water partition coefficient (Wildman–Crippen LogP) is 3.28. The fourth-order valence-corrected chi connectivity index (χ4v) is 4.69. The summed E-state index contributed by atoms with van der Waals surface area (Å²) in [4.78, 5) is 5.59. The van der Waals surface area contributed by atoms with Gasteiger partial charge >= 0.3 is 0 Å². The van der Waals surface area contributed by atoms with E-state index in [1.807, 2.05) is 0 Å². The van der Waals surface area contributed by atoms with Gasteiger partial charge < -0.3 is 18.6 Å². The van der Waals surface area contributed by atoms with Crippen LogP contribution in [0.4, 0.5) is 0 Å². The lowest BCUT2D eigenvalue weighted by atomic mass is 9.93. The third-order valence-electron chi connectivity index (χ3n) is 4.13. The van der Waals surface area contributed by atoms with Crippen LogP contribution >= 0.6 is 8.53 Å². The lowest BCUT2D eigenvalue weighted by Crippen LogP contribution is -2.58. The molecule has 26 heavy (non-hydrogen) atoms. The molecular weight excluding hydrogens is 348 g/mol. The molecule has 8 heteroatoms. The van der Waals surface area contributed by atoms with Crippen molar-refractivity contribution in [1.29, 1.82) is 0 Å². The minimum absolute atomic E-state index is 0.0680. The Balaban J connectivity index is 2.90. The summed E-state index contributed by atoms with van der Waals surface area (Å²) in [5.74, 6) is 0. The molecule has 0 amide bonds. The fourth-order valence-electron chi connectivity index (χ4n) is 3.02. The van der Waals surface area contributed by atoms with E-state index in [-0.39, 0.29) is 25.6 Å². The molecule has 0 aromatic heterocycles. The van der Waals surface area contributed by atoms with Crippen molar-refractivity contribution in [3.05, 3.63) is 11.4 Å². The average Bonchev–Trinajstić information content (AvgIpc) is 2.58. The second kappa shape index (κ2) is 10.9. The van der Waals surface area contributed by atoms with Gasteiger partial charge in [0.2, 0.25) is 6.54 Å². The third-order valence-corrected chi connectivity index (χ3v) is 6.18. The quantitative estimate of drug-likeness (QED) is 0.250. The van der Waals surface area contributed by atoms with Gasteiger partial charge in [-0.05, 0) is 48.4 Å². The highest BCUT2D eigenvalue weighted by Gasteiger charge is 2.38. The summed E-state index contributed by atoms with van der Waals surface area (Å²) in [5.41, 5.74) is -0.773. The maximum absolute atomic E-state index is 8.08. The second-order valence-corrected chi connectivity index (χ2v) is 9.11. The Morgan fingerprint density at radius 2 is 2.00 bits per heavy atom. The molecule has 0 N–H and O–H groups in total. The summed E-state index contributed by atoms with van der Waals surface area (Å²) < 4.78 is 28.4. The van der Waals surface area contributed by atoms with Gasteiger partial charge in [0.15, 0.2) is 0 Å². The lowest BCUT2D eigenvalue weighted by Gasteiger charge is -2.46. The number of hydrogen-bond acceptors (Lipinski definition) is 5.